The predicted molar refractivity (Wildman–Crippen MR) is 73.3 cm³/mol. The van der Waals surface area contributed by atoms with Gasteiger partial charge in [-0.05, 0) is 45.6 Å². The van der Waals surface area contributed by atoms with E-state index in [4.69, 9.17) is 10.5 Å². The molecular weight excluding hydrogens is 228 g/mol. The molecule has 0 saturated heterocycles. The van der Waals surface area contributed by atoms with E-state index in [1.807, 2.05) is 0 Å². The molecule has 1 saturated carbocycles. The van der Waals surface area contributed by atoms with Crippen LogP contribution in [0, 0.1) is 5.92 Å². The van der Waals surface area contributed by atoms with Crippen molar-refractivity contribution in [2.75, 3.05) is 14.2 Å². The summed E-state index contributed by atoms with van der Waals surface area (Å²) in [6.07, 6.45) is 3.54. The lowest BCUT2D eigenvalue weighted by Crippen LogP contribution is -2.57. The molecule has 18 heavy (non-hydrogen) atoms. The molecule has 1 fully saturated rings. The molecule has 1 aliphatic carbocycles. The number of carbonyl (C=O) groups excluding carboxylic acids is 1. The van der Waals surface area contributed by atoms with Crippen LogP contribution in [0.15, 0.2) is 0 Å². The highest BCUT2D eigenvalue weighted by molar-refractivity contribution is 5.80. The van der Waals surface area contributed by atoms with Gasteiger partial charge in [-0.3, -0.25) is 4.79 Å². The van der Waals surface area contributed by atoms with Crippen LogP contribution in [-0.4, -0.2) is 42.6 Å². The standard InChI is InChI=1S/C14H28N2O2/c1-10(2)11(3)16(4)12-7-6-8-14(15,9-12)13(17)18-5/h10-12H,6-9,15H2,1-5H3. The highest BCUT2D eigenvalue weighted by Crippen LogP contribution is 2.31. The van der Waals surface area contributed by atoms with Crippen LogP contribution in [0.25, 0.3) is 0 Å². The van der Waals surface area contributed by atoms with E-state index in [0.29, 0.717) is 24.4 Å². The van der Waals surface area contributed by atoms with Gasteiger partial charge >= 0.3 is 5.97 Å². The Bertz CT molecular complexity index is 294. The van der Waals surface area contributed by atoms with Crippen molar-refractivity contribution in [3.05, 3.63) is 0 Å². The Morgan fingerprint density at radius 3 is 2.56 bits per heavy atom. The summed E-state index contributed by atoms with van der Waals surface area (Å²) in [5.74, 6) is 0.333. The molecule has 4 nitrogen and oxygen atoms in total. The number of rotatable bonds is 4. The van der Waals surface area contributed by atoms with Crippen LogP contribution in [0.5, 0.6) is 0 Å². The summed E-state index contributed by atoms with van der Waals surface area (Å²) in [6.45, 7) is 6.68. The van der Waals surface area contributed by atoms with Crippen molar-refractivity contribution < 1.29 is 9.53 Å². The van der Waals surface area contributed by atoms with Crippen LogP contribution in [0.3, 0.4) is 0 Å². The topological polar surface area (TPSA) is 55.6 Å². The van der Waals surface area contributed by atoms with Crippen LogP contribution >= 0.6 is 0 Å². The maximum atomic E-state index is 11.8. The number of methoxy groups -OCH3 is 1. The first kappa shape index (κ1) is 15.4. The summed E-state index contributed by atoms with van der Waals surface area (Å²) in [5.41, 5.74) is 5.43. The van der Waals surface area contributed by atoms with E-state index in [0.717, 1.165) is 19.3 Å². The molecule has 3 unspecified atom stereocenters. The lowest BCUT2D eigenvalue weighted by atomic mass is 9.78. The minimum atomic E-state index is -0.789. The van der Waals surface area contributed by atoms with Gasteiger partial charge in [-0.2, -0.15) is 0 Å². The summed E-state index contributed by atoms with van der Waals surface area (Å²) in [5, 5.41) is 0. The fourth-order valence-corrected chi connectivity index (χ4v) is 2.82. The lowest BCUT2D eigenvalue weighted by Gasteiger charge is -2.42. The fourth-order valence-electron chi connectivity index (χ4n) is 2.82. The van der Waals surface area contributed by atoms with E-state index in [2.05, 4.69) is 32.7 Å². The summed E-state index contributed by atoms with van der Waals surface area (Å²) in [7, 11) is 3.55. The third-order valence-electron chi connectivity index (χ3n) is 4.54. The number of hydrogen-bond donors (Lipinski definition) is 1. The first-order valence-electron chi connectivity index (χ1n) is 6.91. The second-order valence-electron chi connectivity index (χ2n) is 6.05. The van der Waals surface area contributed by atoms with Crippen molar-refractivity contribution >= 4 is 5.97 Å². The van der Waals surface area contributed by atoms with E-state index in [-0.39, 0.29) is 5.97 Å². The Morgan fingerprint density at radius 2 is 2.06 bits per heavy atom. The average molecular weight is 256 g/mol. The monoisotopic (exact) mass is 256 g/mol. The van der Waals surface area contributed by atoms with Gasteiger partial charge in [-0.25, -0.2) is 0 Å². The maximum Gasteiger partial charge on any atom is 0.325 e. The van der Waals surface area contributed by atoms with Gasteiger partial charge in [0.2, 0.25) is 0 Å². The van der Waals surface area contributed by atoms with Gasteiger partial charge in [0.25, 0.3) is 0 Å². The van der Waals surface area contributed by atoms with Crippen LogP contribution < -0.4 is 5.73 Å². The molecule has 0 bridgehead atoms. The van der Waals surface area contributed by atoms with E-state index < -0.39 is 5.54 Å². The predicted octanol–water partition coefficient (Wildman–Crippen LogP) is 1.78. The molecule has 106 valence electrons. The van der Waals surface area contributed by atoms with Crippen molar-refractivity contribution in [1.82, 2.24) is 4.90 Å². The molecule has 0 aromatic carbocycles. The Labute approximate surface area is 111 Å². The quantitative estimate of drug-likeness (QED) is 0.779. The maximum absolute atomic E-state index is 11.8. The summed E-state index contributed by atoms with van der Waals surface area (Å²) < 4.78 is 4.85. The molecule has 1 aliphatic rings. The molecule has 0 spiro atoms. The number of hydrogen-bond acceptors (Lipinski definition) is 4. The smallest absolute Gasteiger partial charge is 0.325 e. The largest absolute Gasteiger partial charge is 0.468 e. The van der Waals surface area contributed by atoms with E-state index in [9.17, 15) is 4.79 Å². The summed E-state index contributed by atoms with van der Waals surface area (Å²) >= 11 is 0. The molecule has 1 rings (SSSR count). The van der Waals surface area contributed by atoms with Crippen molar-refractivity contribution in [2.24, 2.45) is 11.7 Å². The van der Waals surface area contributed by atoms with Crippen molar-refractivity contribution in [3.63, 3.8) is 0 Å². The van der Waals surface area contributed by atoms with Gasteiger partial charge in [0.15, 0.2) is 0 Å². The molecular formula is C14H28N2O2. The highest BCUT2D eigenvalue weighted by Gasteiger charge is 2.42. The Kier molecular flexibility index (Phi) is 5.17. The molecule has 0 aliphatic heterocycles. The minimum absolute atomic E-state index is 0.266. The number of nitrogens with zero attached hydrogens (tertiary/aromatic N) is 1. The van der Waals surface area contributed by atoms with Crippen LogP contribution in [0.4, 0.5) is 0 Å². The molecule has 0 aromatic rings. The Balaban J connectivity index is 2.72. The third kappa shape index (κ3) is 3.23. The normalized spacial score (nSPS) is 30.6. The van der Waals surface area contributed by atoms with Crippen molar-refractivity contribution in [3.8, 4) is 0 Å². The molecule has 3 atom stereocenters. The fraction of sp³-hybridized carbons (Fsp3) is 0.929. The molecule has 0 heterocycles. The molecule has 0 radical (unpaired) electrons. The zero-order valence-corrected chi connectivity index (χ0v) is 12.4. The molecule has 0 aromatic heterocycles. The number of ether oxygens (including phenoxy) is 1. The van der Waals surface area contributed by atoms with Crippen LogP contribution in [-0.2, 0) is 9.53 Å². The average Bonchev–Trinajstić information content (AvgIpc) is 2.35. The second kappa shape index (κ2) is 6.02. The third-order valence-corrected chi connectivity index (χ3v) is 4.54. The zero-order valence-electron chi connectivity index (χ0n) is 12.4. The molecule has 2 N–H and O–H groups in total. The van der Waals surface area contributed by atoms with Crippen molar-refractivity contribution in [1.29, 1.82) is 0 Å². The Morgan fingerprint density at radius 1 is 1.44 bits per heavy atom. The molecule has 0 amide bonds. The molecule has 4 heteroatoms. The van der Waals surface area contributed by atoms with Crippen molar-refractivity contribution in [2.45, 2.75) is 64.1 Å². The summed E-state index contributed by atoms with van der Waals surface area (Å²) in [6, 6.07) is 0.871. The van der Waals surface area contributed by atoms with E-state index >= 15 is 0 Å². The number of nitrogens with two attached hydrogens (primary N) is 1. The van der Waals surface area contributed by atoms with Crippen LogP contribution in [0.2, 0.25) is 0 Å². The van der Waals surface area contributed by atoms with Crippen LogP contribution in [0.1, 0.15) is 46.5 Å². The van der Waals surface area contributed by atoms with Gasteiger partial charge in [-0.15, -0.1) is 0 Å². The Hall–Kier alpha value is -0.610. The van der Waals surface area contributed by atoms with E-state index in [1.54, 1.807) is 0 Å². The van der Waals surface area contributed by atoms with Gasteiger partial charge in [0.1, 0.15) is 5.54 Å². The number of esters is 1. The lowest BCUT2D eigenvalue weighted by molar-refractivity contribution is -0.149. The van der Waals surface area contributed by atoms with Gasteiger partial charge in [0.05, 0.1) is 7.11 Å². The number of carbonyl (C=O) groups is 1. The second-order valence-corrected chi connectivity index (χ2v) is 6.05. The van der Waals surface area contributed by atoms with Gasteiger partial charge < -0.3 is 15.4 Å². The van der Waals surface area contributed by atoms with Gasteiger partial charge in [-0.1, -0.05) is 13.8 Å². The minimum Gasteiger partial charge on any atom is -0.468 e. The van der Waals surface area contributed by atoms with E-state index in [1.165, 1.54) is 7.11 Å². The first-order chi connectivity index (χ1) is 8.31. The zero-order chi connectivity index (χ0) is 13.9. The summed E-state index contributed by atoms with van der Waals surface area (Å²) in [4.78, 5) is 14.2. The SMILES string of the molecule is COC(=O)C1(N)CCCC(N(C)C(C)C(C)C)C1. The van der Waals surface area contributed by atoms with Gasteiger partial charge in [0, 0.05) is 12.1 Å². The first-order valence-corrected chi connectivity index (χ1v) is 6.91. The highest BCUT2D eigenvalue weighted by atomic mass is 16.5.